The average molecular weight is 270 g/mol. The second-order valence-corrected chi connectivity index (χ2v) is 6.40. The van der Waals surface area contributed by atoms with E-state index in [2.05, 4.69) is 44.8 Å². The van der Waals surface area contributed by atoms with E-state index >= 15 is 0 Å². The molecule has 1 unspecified atom stereocenters. The third-order valence-corrected chi connectivity index (χ3v) is 3.39. The summed E-state index contributed by atoms with van der Waals surface area (Å²) < 4.78 is 0. The fourth-order valence-corrected chi connectivity index (χ4v) is 1.92. The van der Waals surface area contributed by atoms with Gasteiger partial charge in [0.05, 0.1) is 0 Å². The molecule has 0 saturated heterocycles. The maximum atomic E-state index is 12.5. The smallest absolute Gasteiger partial charge is 0.226 e. The fourth-order valence-electron chi connectivity index (χ4n) is 1.92. The lowest BCUT2D eigenvalue weighted by molar-refractivity contribution is -0.135. The van der Waals surface area contributed by atoms with Crippen molar-refractivity contribution >= 4 is 5.91 Å². The van der Waals surface area contributed by atoms with E-state index in [1.807, 2.05) is 6.92 Å². The lowest BCUT2D eigenvalue weighted by Crippen LogP contribution is -2.40. The summed E-state index contributed by atoms with van der Waals surface area (Å²) >= 11 is 0. The van der Waals surface area contributed by atoms with Gasteiger partial charge in [-0.1, -0.05) is 41.5 Å². The molecule has 0 bridgehead atoms. The molecule has 0 saturated carbocycles. The van der Waals surface area contributed by atoms with Gasteiger partial charge in [0.15, 0.2) is 0 Å². The lowest BCUT2D eigenvalue weighted by Gasteiger charge is -2.27. The highest BCUT2D eigenvalue weighted by atomic mass is 16.2. The van der Waals surface area contributed by atoms with Crippen LogP contribution in [-0.2, 0) is 4.79 Å². The predicted octanol–water partition coefficient (Wildman–Crippen LogP) is 3.15. The van der Waals surface area contributed by atoms with Crippen molar-refractivity contribution < 1.29 is 4.79 Å². The minimum atomic E-state index is 0.0827. The first kappa shape index (κ1) is 18.4. The maximum Gasteiger partial charge on any atom is 0.226 e. The summed E-state index contributed by atoms with van der Waals surface area (Å²) in [5, 5.41) is 3.27. The van der Waals surface area contributed by atoms with Crippen LogP contribution in [0.15, 0.2) is 0 Å². The molecule has 0 aromatic rings. The Bertz CT molecular complexity index is 227. The summed E-state index contributed by atoms with van der Waals surface area (Å²) in [5.41, 5.74) is 0. The van der Waals surface area contributed by atoms with Gasteiger partial charge in [-0.05, 0) is 31.2 Å². The lowest BCUT2D eigenvalue weighted by atomic mass is 10.1. The van der Waals surface area contributed by atoms with Crippen LogP contribution in [0.3, 0.4) is 0 Å². The van der Waals surface area contributed by atoms with Crippen molar-refractivity contribution in [2.45, 2.75) is 54.4 Å². The van der Waals surface area contributed by atoms with Crippen molar-refractivity contribution in [3.8, 4) is 0 Å². The monoisotopic (exact) mass is 270 g/mol. The Morgan fingerprint density at radius 2 is 1.47 bits per heavy atom. The van der Waals surface area contributed by atoms with Gasteiger partial charge in [-0.3, -0.25) is 4.79 Å². The first-order valence-corrected chi connectivity index (χ1v) is 7.87. The molecule has 0 aliphatic carbocycles. The largest absolute Gasteiger partial charge is 0.342 e. The van der Waals surface area contributed by atoms with Crippen LogP contribution < -0.4 is 5.32 Å². The van der Waals surface area contributed by atoms with E-state index in [0.717, 1.165) is 39.0 Å². The summed E-state index contributed by atoms with van der Waals surface area (Å²) in [6.07, 6.45) is 2.19. The van der Waals surface area contributed by atoms with Gasteiger partial charge in [0, 0.05) is 25.6 Å². The average Bonchev–Trinajstić information content (AvgIpc) is 2.34. The van der Waals surface area contributed by atoms with Gasteiger partial charge in [-0.15, -0.1) is 0 Å². The molecule has 0 heterocycles. The SMILES string of the molecule is CCNCC(C)C(=O)N(CCC(C)C)CCC(C)C. The topological polar surface area (TPSA) is 32.3 Å². The molecule has 0 aromatic heterocycles. The van der Waals surface area contributed by atoms with E-state index in [1.165, 1.54) is 0 Å². The molecular weight excluding hydrogens is 236 g/mol. The quantitative estimate of drug-likeness (QED) is 0.661. The van der Waals surface area contributed by atoms with Gasteiger partial charge in [-0.2, -0.15) is 0 Å². The molecule has 0 aromatic carbocycles. The second-order valence-electron chi connectivity index (χ2n) is 6.40. The number of hydrogen-bond donors (Lipinski definition) is 1. The third-order valence-electron chi connectivity index (χ3n) is 3.39. The molecular formula is C16H34N2O. The first-order chi connectivity index (χ1) is 8.88. The van der Waals surface area contributed by atoms with Crippen molar-refractivity contribution in [2.24, 2.45) is 17.8 Å². The molecule has 0 fully saturated rings. The summed E-state index contributed by atoms with van der Waals surface area (Å²) in [6.45, 7) is 16.5. The molecule has 0 radical (unpaired) electrons. The minimum absolute atomic E-state index is 0.0827. The van der Waals surface area contributed by atoms with Gasteiger partial charge in [0.2, 0.25) is 5.91 Å². The maximum absolute atomic E-state index is 12.5. The van der Waals surface area contributed by atoms with Gasteiger partial charge < -0.3 is 10.2 Å². The highest BCUT2D eigenvalue weighted by Crippen LogP contribution is 2.10. The first-order valence-electron chi connectivity index (χ1n) is 7.87. The molecule has 1 amide bonds. The molecule has 1 N–H and O–H groups in total. The van der Waals surface area contributed by atoms with Crippen molar-refractivity contribution in [3.05, 3.63) is 0 Å². The fraction of sp³-hybridized carbons (Fsp3) is 0.938. The van der Waals surface area contributed by atoms with Gasteiger partial charge in [-0.25, -0.2) is 0 Å². The normalized spacial score (nSPS) is 13.1. The Balaban J connectivity index is 4.38. The summed E-state index contributed by atoms with van der Waals surface area (Å²) in [6, 6.07) is 0. The number of hydrogen-bond acceptors (Lipinski definition) is 2. The van der Waals surface area contributed by atoms with Crippen LogP contribution in [0, 0.1) is 17.8 Å². The molecule has 114 valence electrons. The number of carbonyl (C=O) groups excluding carboxylic acids is 1. The molecule has 0 aliphatic rings. The van der Waals surface area contributed by atoms with Crippen LogP contribution in [0.4, 0.5) is 0 Å². The molecule has 19 heavy (non-hydrogen) atoms. The summed E-state index contributed by atoms with van der Waals surface area (Å²) in [7, 11) is 0. The number of carbonyl (C=O) groups is 1. The van der Waals surface area contributed by atoms with E-state index in [0.29, 0.717) is 17.7 Å². The van der Waals surface area contributed by atoms with Gasteiger partial charge >= 0.3 is 0 Å². The molecule has 0 aliphatic heterocycles. The molecule has 3 heteroatoms. The minimum Gasteiger partial charge on any atom is -0.342 e. The number of amides is 1. The zero-order valence-electron chi connectivity index (χ0n) is 13.8. The van der Waals surface area contributed by atoms with E-state index in [9.17, 15) is 4.79 Å². The Hall–Kier alpha value is -0.570. The number of rotatable bonds is 10. The van der Waals surface area contributed by atoms with E-state index < -0.39 is 0 Å². The van der Waals surface area contributed by atoms with E-state index in [1.54, 1.807) is 0 Å². The predicted molar refractivity (Wildman–Crippen MR) is 83.2 cm³/mol. The van der Waals surface area contributed by atoms with Gasteiger partial charge in [0.1, 0.15) is 0 Å². The Morgan fingerprint density at radius 3 is 1.84 bits per heavy atom. The Morgan fingerprint density at radius 1 is 1.00 bits per heavy atom. The highest BCUT2D eigenvalue weighted by Gasteiger charge is 2.20. The number of nitrogens with zero attached hydrogens (tertiary/aromatic N) is 1. The molecule has 0 spiro atoms. The third kappa shape index (κ3) is 9.04. The van der Waals surface area contributed by atoms with Crippen LogP contribution in [0.5, 0.6) is 0 Å². The number of nitrogens with one attached hydrogen (secondary N) is 1. The zero-order valence-corrected chi connectivity index (χ0v) is 13.8. The second kappa shape index (κ2) is 10.2. The van der Waals surface area contributed by atoms with Crippen LogP contribution in [0.1, 0.15) is 54.4 Å². The summed E-state index contributed by atoms with van der Waals surface area (Å²) in [5.74, 6) is 1.69. The van der Waals surface area contributed by atoms with Gasteiger partial charge in [0.25, 0.3) is 0 Å². The highest BCUT2D eigenvalue weighted by molar-refractivity contribution is 5.78. The van der Waals surface area contributed by atoms with Crippen LogP contribution in [0.25, 0.3) is 0 Å². The van der Waals surface area contributed by atoms with Crippen molar-refractivity contribution in [1.82, 2.24) is 10.2 Å². The van der Waals surface area contributed by atoms with E-state index in [4.69, 9.17) is 0 Å². The van der Waals surface area contributed by atoms with E-state index in [-0.39, 0.29) is 5.92 Å². The van der Waals surface area contributed by atoms with Crippen molar-refractivity contribution in [3.63, 3.8) is 0 Å². The molecule has 0 rings (SSSR count). The summed E-state index contributed by atoms with van der Waals surface area (Å²) in [4.78, 5) is 14.5. The molecule has 3 nitrogen and oxygen atoms in total. The van der Waals surface area contributed by atoms with Crippen LogP contribution >= 0.6 is 0 Å². The van der Waals surface area contributed by atoms with Crippen LogP contribution in [-0.4, -0.2) is 37.0 Å². The van der Waals surface area contributed by atoms with Crippen molar-refractivity contribution in [1.29, 1.82) is 0 Å². The standard InChI is InChI=1S/C16H34N2O/c1-7-17-12-15(6)16(19)18(10-8-13(2)3)11-9-14(4)5/h13-15,17H,7-12H2,1-6H3. The van der Waals surface area contributed by atoms with Crippen LogP contribution in [0.2, 0.25) is 0 Å². The Labute approximate surface area is 120 Å². The van der Waals surface area contributed by atoms with Crippen molar-refractivity contribution in [2.75, 3.05) is 26.2 Å². The molecule has 1 atom stereocenters. The zero-order chi connectivity index (χ0) is 14.8. The Kier molecular flexibility index (Phi) is 9.94.